The lowest BCUT2D eigenvalue weighted by atomic mass is 10.0. The van der Waals surface area contributed by atoms with E-state index in [1.807, 2.05) is 30.3 Å². The van der Waals surface area contributed by atoms with Crippen molar-refractivity contribution in [3.8, 4) is 0 Å². The Balaban J connectivity index is 1.19. The highest BCUT2D eigenvalue weighted by atomic mass is 32.2. The lowest BCUT2D eigenvalue weighted by Gasteiger charge is -2.34. The first kappa shape index (κ1) is 23.8. The maximum Gasteiger partial charge on any atom is 0.224 e. The summed E-state index contributed by atoms with van der Waals surface area (Å²) in [6.07, 6.45) is 5.12. The molecule has 0 spiro atoms. The molecular weight excluding hydrogens is 434 g/mol. The average molecular weight is 470 g/mol. The number of rotatable bonds is 9. The third-order valence-corrected chi connectivity index (χ3v) is 8.56. The minimum Gasteiger partial charge on any atom is -0.371 e. The fourth-order valence-electron chi connectivity index (χ4n) is 4.81. The summed E-state index contributed by atoms with van der Waals surface area (Å²) < 4.78 is 23.3. The summed E-state index contributed by atoms with van der Waals surface area (Å²) in [6, 6.07) is 18.8. The van der Waals surface area contributed by atoms with E-state index in [0.29, 0.717) is 24.0 Å². The number of nitrogens with zero attached hydrogens (tertiary/aromatic N) is 1. The summed E-state index contributed by atoms with van der Waals surface area (Å²) in [5.74, 6) is 1.00. The molecule has 0 aliphatic carbocycles. The first-order valence-electron chi connectivity index (χ1n) is 12.1. The van der Waals surface area contributed by atoms with Crippen molar-refractivity contribution in [3.63, 3.8) is 0 Å². The Morgan fingerprint density at radius 1 is 1.00 bits per heavy atom. The Labute approximate surface area is 197 Å². The number of carbonyl (C=O) groups is 1. The first-order valence-corrected chi connectivity index (χ1v) is 13.9. The zero-order valence-electron chi connectivity index (χ0n) is 19.2. The number of anilines is 2. The van der Waals surface area contributed by atoms with Gasteiger partial charge < -0.3 is 15.5 Å². The molecule has 2 aromatic rings. The van der Waals surface area contributed by atoms with Crippen LogP contribution < -0.4 is 15.5 Å². The van der Waals surface area contributed by atoms with Gasteiger partial charge in [-0.05, 0) is 68.3 Å². The second-order valence-corrected chi connectivity index (χ2v) is 11.6. The number of aryl methyl sites for hydroxylation is 1. The quantitative estimate of drug-likeness (QED) is 0.586. The largest absolute Gasteiger partial charge is 0.371 e. The van der Waals surface area contributed by atoms with Crippen LogP contribution in [0.1, 0.15) is 37.7 Å². The Morgan fingerprint density at radius 2 is 1.79 bits per heavy atom. The molecule has 2 fully saturated rings. The van der Waals surface area contributed by atoms with Crippen LogP contribution in [0.4, 0.5) is 11.4 Å². The van der Waals surface area contributed by atoms with Gasteiger partial charge in [0.1, 0.15) is 0 Å². The topological polar surface area (TPSA) is 78.5 Å². The van der Waals surface area contributed by atoms with Crippen LogP contribution in [-0.2, 0) is 21.1 Å². The lowest BCUT2D eigenvalue weighted by molar-refractivity contribution is -0.116. The number of carbonyl (C=O) groups excluding carboxylic acids is 1. The van der Waals surface area contributed by atoms with Gasteiger partial charge >= 0.3 is 0 Å². The highest BCUT2D eigenvalue weighted by molar-refractivity contribution is 7.91. The summed E-state index contributed by atoms with van der Waals surface area (Å²) in [4.78, 5) is 14.7. The molecule has 178 valence electrons. The summed E-state index contributed by atoms with van der Waals surface area (Å²) >= 11 is 0. The number of amides is 1. The van der Waals surface area contributed by atoms with Crippen LogP contribution in [-0.4, -0.2) is 51.5 Å². The Hall–Kier alpha value is -2.38. The van der Waals surface area contributed by atoms with Crippen LogP contribution in [0.2, 0.25) is 0 Å². The van der Waals surface area contributed by atoms with Crippen molar-refractivity contribution in [3.05, 3.63) is 60.2 Å². The Morgan fingerprint density at radius 3 is 2.52 bits per heavy atom. The maximum absolute atomic E-state index is 12.4. The van der Waals surface area contributed by atoms with Gasteiger partial charge in [-0.25, -0.2) is 8.42 Å². The number of sulfone groups is 1. The summed E-state index contributed by atoms with van der Waals surface area (Å²) in [6.45, 7) is 2.71. The average Bonchev–Trinajstić information content (AvgIpc) is 3.17. The smallest absolute Gasteiger partial charge is 0.224 e. The van der Waals surface area contributed by atoms with Crippen LogP contribution >= 0.6 is 0 Å². The van der Waals surface area contributed by atoms with Crippen molar-refractivity contribution in [2.45, 2.75) is 44.6 Å². The second-order valence-electron chi connectivity index (χ2n) is 9.38. The zero-order chi connectivity index (χ0) is 23.1. The monoisotopic (exact) mass is 469 g/mol. The number of nitrogens with one attached hydrogen (secondary N) is 2. The molecule has 4 rings (SSSR count). The third kappa shape index (κ3) is 7.30. The van der Waals surface area contributed by atoms with Crippen molar-refractivity contribution in [1.29, 1.82) is 0 Å². The summed E-state index contributed by atoms with van der Waals surface area (Å²) in [7, 11) is -2.80. The van der Waals surface area contributed by atoms with Crippen molar-refractivity contribution in [2.24, 2.45) is 5.92 Å². The minimum absolute atomic E-state index is 0.0555. The minimum atomic E-state index is -2.80. The molecule has 1 amide bonds. The predicted molar refractivity (Wildman–Crippen MR) is 134 cm³/mol. The number of piperidine rings is 1. The standard InChI is InChI=1S/C26H35N3O3S/c30-26(11-4-8-21-6-2-1-3-7-21)28-24-9-5-10-25(18-24)29-15-12-23(13-16-29)27-19-22-14-17-33(31,32)20-22/h1-3,5-7,9-10,18,22-23,27H,4,8,11-17,19-20H2,(H,28,30). The van der Waals surface area contributed by atoms with Gasteiger partial charge in [-0.2, -0.15) is 0 Å². The first-order chi connectivity index (χ1) is 16.0. The molecule has 0 bridgehead atoms. The Bertz CT molecular complexity index is 1020. The van der Waals surface area contributed by atoms with E-state index >= 15 is 0 Å². The van der Waals surface area contributed by atoms with Gasteiger partial charge in [0.2, 0.25) is 5.91 Å². The summed E-state index contributed by atoms with van der Waals surface area (Å²) in [5.41, 5.74) is 3.25. The van der Waals surface area contributed by atoms with Gasteiger partial charge in [0, 0.05) is 36.9 Å². The van der Waals surface area contributed by atoms with Crippen molar-refractivity contribution in [2.75, 3.05) is 41.4 Å². The molecule has 2 saturated heterocycles. The third-order valence-electron chi connectivity index (χ3n) is 6.72. The second kappa shape index (κ2) is 11.2. The molecule has 2 aliphatic rings. The zero-order valence-corrected chi connectivity index (χ0v) is 20.0. The molecule has 7 heteroatoms. The highest BCUT2D eigenvalue weighted by Gasteiger charge is 2.28. The van der Waals surface area contributed by atoms with E-state index in [1.165, 1.54) is 5.56 Å². The van der Waals surface area contributed by atoms with Gasteiger partial charge in [-0.1, -0.05) is 36.4 Å². The fourth-order valence-corrected chi connectivity index (χ4v) is 6.67. The highest BCUT2D eigenvalue weighted by Crippen LogP contribution is 2.24. The van der Waals surface area contributed by atoms with Crippen LogP contribution in [0.15, 0.2) is 54.6 Å². The molecule has 2 aliphatic heterocycles. The van der Waals surface area contributed by atoms with Gasteiger partial charge in [0.05, 0.1) is 11.5 Å². The Kier molecular flexibility index (Phi) is 8.04. The molecule has 2 aromatic carbocycles. The van der Waals surface area contributed by atoms with Crippen LogP contribution in [0.5, 0.6) is 0 Å². The van der Waals surface area contributed by atoms with Gasteiger partial charge in [-0.3, -0.25) is 4.79 Å². The van der Waals surface area contributed by atoms with E-state index in [1.54, 1.807) is 0 Å². The normalized spacial score (nSPS) is 20.6. The predicted octanol–water partition coefficient (Wildman–Crippen LogP) is 3.64. The molecule has 2 heterocycles. The van der Waals surface area contributed by atoms with E-state index in [-0.39, 0.29) is 11.8 Å². The maximum atomic E-state index is 12.4. The number of benzene rings is 2. The molecule has 0 radical (unpaired) electrons. The molecular formula is C26H35N3O3S. The van der Waals surface area contributed by atoms with E-state index in [2.05, 4.69) is 39.8 Å². The van der Waals surface area contributed by atoms with Crippen LogP contribution in [0.3, 0.4) is 0 Å². The van der Waals surface area contributed by atoms with E-state index in [9.17, 15) is 13.2 Å². The van der Waals surface area contributed by atoms with E-state index in [4.69, 9.17) is 0 Å². The number of hydrogen-bond donors (Lipinski definition) is 2. The molecule has 1 atom stereocenters. The van der Waals surface area contributed by atoms with Gasteiger partial charge in [0.25, 0.3) is 0 Å². The van der Waals surface area contributed by atoms with E-state index in [0.717, 1.165) is 63.1 Å². The lowest BCUT2D eigenvalue weighted by Crippen LogP contribution is -2.44. The molecule has 1 unspecified atom stereocenters. The molecule has 0 aromatic heterocycles. The summed E-state index contributed by atoms with van der Waals surface area (Å²) in [5, 5.41) is 6.64. The van der Waals surface area contributed by atoms with Crippen molar-refractivity contribution >= 4 is 27.1 Å². The van der Waals surface area contributed by atoms with Crippen LogP contribution in [0, 0.1) is 5.92 Å². The van der Waals surface area contributed by atoms with Crippen molar-refractivity contribution in [1.82, 2.24) is 5.32 Å². The SMILES string of the molecule is O=C(CCCc1ccccc1)Nc1cccc(N2CCC(NCC3CCS(=O)(=O)C3)CC2)c1. The fraction of sp³-hybridized carbons (Fsp3) is 0.500. The van der Waals surface area contributed by atoms with Gasteiger partial charge in [0.15, 0.2) is 9.84 Å². The molecule has 6 nitrogen and oxygen atoms in total. The van der Waals surface area contributed by atoms with Crippen molar-refractivity contribution < 1.29 is 13.2 Å². The van der Waals surface area contributed by atoms with Crippen LogP contribution in [0.25, 0.3) is 0 Å². The van der Waals surface area contributed by atoms with E-state index < -0.39 is 9.84 Å². The molecule has 0 saturated carbocycles. The molecule has 33 heavy (non-hydrogen) atoms. The van der Waals surface area contributed by atoms with Gasteiger partial charge in [-0.15, -0.1) is 0 Å². The number of hydrogen-bond acceptors (Lipinski definition) is 5. The molecule has 2 N–H and O–H groups in total.